The lowest BCUT2D eigenvalue weighted by molar-refractivity contribution is 0.477. The molecule has 0 saturated heterocycles. The maximum atomic E-state index is 10.0. The van der Waals surface area contributed by atoms with Crippen LogP contribution in [0.5, 0.6) is 5.75 Å². The van der Waals surface area contributed by atoms with Gasteiger partial charge in [-0.15, -0.1) is 0 Å². The summed E-state index contributed by atoms with van der Waals surface area (Å²) < 4.78 is 0. The number of phenols is 1. The Balaban J connectivity index is 2.99. The molecule has 0 fully saturated rings. The molecule has 1 nitrogen and oxygen atoms in total. The number of benzene rings is 2. The van der Waals surface area contributed by atoms with Crippen molar-refractivity contribution in [3.8, 4) is 5.75 Å². The van der Waals surface area contributed by atoms with Crippen LogP contribution in [0.4, 0.5) is 0 Å². The molecule has 72 valence electrons. The van der Waals surface area contributed by atoms with Crippen LogP contribution in [0.15, 0.2) is 24.3 Å². The first-order valence-electron chi connectivity index (χ1n) is 4.79. The quantitative estimate of drug-likeness (QED) is 0.668. The lowest BCUT2D eigenvalue weighted by Gasteiger charge is -2.09. The molecular formula is C13H14O. The van der Waals surface area contributed by atoms with Crippen LogP contribution in [0.1, 0.15) is 16.7 Å². The van der Waals surface area contributed by atoms with Crippen LogP contribution in [-0.4, -0.2) is 5.11 Å². The SMILES string of the molecule is Cc1cc2cccc(C)c2c(O)c1C. The molecule has 0 aliphatic carbocycles. The van der Waals surface area contributed by atoms with Gasteiger partial charge in [0.05, 0.1) is 0 Å². The van der Waals surface area contributed by atoms with Crippen molar-refractivity contribution in [1.82, 2.24) is 0 Å². The van der Waals surface area contributed by atoms with E-state index in [1.54, 1.807) is 0 Å². The van der Waals surface area contributed by atoms with Gasteiger partial charge in [-0.2, -0.15) is 0 Å². The summed E-state index contributed by atoms with van der Waals surface area (Å²) in [5.41, 5.74) is 3.25. The first-order valence-corrected chi connectivity index (χ1v) is 4.79. The maximum absolute atomic E-state index is 10.0. The van der Waals surface area contributed by atoms with Crippen molar-refractivity contribution in [3.63, 3.8) is 0 Å². The van der Waals surface area contributed by atoms with Gasteiger partial charge >= 0.3 is 0 Å². The van der Waals surface area contributed by atoms with Gasteiger partial charge in [0.2, 0.25) is 0 Å². The van der Waals surface area contributed by atoms with Gasteiger partial charge in [0.25, 0.3) is 0 Å². The van der Waals surface area contributed by atoms with Crippen molar-refractivity contribution in [3.05, 3.63) is 41.0 Å². The molecule has 2 rings (SSSR count). The second kappa shape index (κ2) is 3.02. The average molecular weight is 186 g/mol. The highest BCUT2D eigenvalue weighted by Crippen LogP contribution is 2.32. The van der Waals surface area contributed by atoms with E-state index in [0.717, 1.165) is 27.5 Å². The van der Waals surface area contributed by atoms with Crippen LogP contribution in [0, 0.1) is 20.8 Å². The summed E-state index contributed by atoms with van der Waals surface area (Å²) in [6.45, 7) is 6.00. The van der Waals surface area contributed by atoms with Crippen molar-refractivity contribution >= 4 is 10.8 Å². The summed E-state index contributed by atoms with van der Waals surface area (Å²) in [5, 5.41) is 12.1. The molecule has 0 aromatic heterocycles. The zero-order valence-electron chi connectivity index (χ0n) is 8.76. The Bertz CT molecular complexity index is 498. The van der Waals surface area contributed by atoms with Crippen LogP contribution in [0.2, 0.25) is 0 Å². The molecule has 1 N–H and O–H groups in total. The lowest BCUT2D eigenvalue weighted by Crippen LogP contribution is -1.86. The van der Waals surface area contributed by atoms with Gasteiger partial charge in [0.15, 0.2) is 0 Å². The van der Waals surface area contributed by atoms with E-state index in [9.17, 15) is 5.11 Å². The second-order valence-electron chi connectivity index (χ2n) is 3.84. The summed E-state index contributed by atoms with van der Waals surface area (Å²) in [7, 11) is 0. The lowest BCUT2D eigenvalue weighted by atomic mass is 9.98. The van der Waals surface area contributed by atoms with Crippen molar-refractivity contribution in [2.24, 2.45) is 0 Å². The summed E-state index contributed by atoms with van der Waals surface area (Å²) in [5.74, 6) is 0.429. The van der Waals surface area contributed by atoms with Crippen LogP contribution in [0.3, 0.4) is 0 Å². The topological polar surface area (TPSA) is 20.2 Å². The van der Waals surface area contributed by atoms with Gasteiger partial charge in [-0.25, -0.2) is 0 Å². The standard InChI is InChI=1S/C13H14O/c1-8-5-4-6-11-7-9(2)10(3)13(14)12(8)11/h4-7,14H,1-3H3. The van der Waals surface area contributed by atoms with Gasteiger partial charge in [-0.05, 0) is 42.8 Å². The number of rotatable bonds is 0. The molecule has 0 amide bonds. The third-order valence-corrected chi connectivity index (χ3v) is 2.86. The molecule has 0 saturated carbocycles. The summed E-state index contributed by atoms with van der Waals surface area (Å²) in [4.78, 5) is 0. The molecule has 0 aliphatic heterocycles. The molecule has 0 bridgehead atoms. The number of hydrogen-bond donors (Lipinski definition) is 1. The fourth-order valence-electron chi connectivity index (χ4n) is 1.85. The van der Waals surface area contributed by atoms with E-state index in [0.29, 0.717) is 5.75 Å². The monoisotopic (exact) mass is 186 g/mol. The first-order chi connectivity index (χ1) is 6.61. The molecular weight excluding hydrogens is 172 g/mol. The van der Waals surface area contributed by atoms with Crippen LogP contribution >= 0.6 is 0 Å². The number of phenolic OH excluding ortho intramolecular Hbond substituents is 1. The van der Waals surface area contributed by atoms with Crippen molar-refractivity contribution in [2.75, 3.05) is 0 Å². The second-order valence-corrected chi connectivity index (χ2v) is 3.84. The highest BCUT2D eigenvalue weighted by Gasteiger charge is 2.07. The minimum atomic E-state index is 0.429. The fraction of sp³-hybridized carbons (Fsp3) is 0.231. The van der Waals surface area contributed by atoms with Crippen LogP contribution in [-0.2, 0) is 0 Å². The largest absolute Gasteiger partial charge is 0.507 e. The Hall–Kier alpha value is -1.50. The Morgan fingerprint density at radius 3 is 2.43 bits per heavy atom. The zero-order valence-corrected chi connectivity index (χ0v) is 8.76. The van der Waals surface area contributed by atoms with Crippen LogP contribution < -0.4 is 0 Å². The molecule has 0 unspecified atom stereocenters. The highest BCUT2D eigenvalue weighted by molar-refractivity contribution is 5.92. The molecule has 14 heavy (non-hydrogen) atoms. The smallest absolute Gasteiger partial charge is 0.126 e. The van der Waals surface area contributed by atoms with Gasteiger partial charge in [0.1, 0.15) is 5.75 Å². The molecule has 0 atom stereocenters. The molecule has 0 heterocycles. The molecule has 0 spiro atoms. The third-order valence-electron chi connectivity index (χ3n) is 2.86. The number of hydrogen-bond acceptors (Lipinski definition) is 1. The minimum Gasteiger partial charge on any atom is -0.507 e. The highest BCUT2D eigenvalue weighted by atomic mass is 16.3. The fourth-order valence-corrected chi connectivity index (χ4v) is 1.85. The zero-order chi connectivity index (χ0) is 10.3. The number of aromatic hydroxyl groups is 1. The predicted molar refractivity (Wildman–Crippen MR) is 59.8 cm³/mol. The third kappa shape index (κ3) is 1.17. The van der Waals surface area contributed by atoms with Crippen LogP contribution in [0.25, 0.3) is 10.8 Å². The molecule has 0 radical (unpaired) electrons. The van der Waals surface area contributed by atoms with E-state index in [2.05, 4.69) is 6.07 Å². The first kappa shape index (κ1) is 9.07. The normalized spacial score (nSPS) is 10.8. The average Bonchev–Trinajstić information content (AvgIpc) is 2.14. The molecule has 2 aromatic carbocycles. The van der Waals surface area contributed by atoms with Crippen molar-refractivity contribution < 1.29 is 5.11 Å². The summed E-state index contributed by atoms with van der Waals surface area (Å²) in [6.07, 6.45) is 0. The van der Waals surface area contributed by atoms with E-state index >= 15 is 0 Å². The van der Waals surface area contributed by atoms with E-state index < -0.39 is 0 Å². The minimum absolute atomic E-state index is 0.429. The summed E-state index contributed by atoms with van der Waals surface area (Å²) in [6, 6.07) is 8.20. The number of aryl methyl sites for hydroxylation is 2. The molecule has 1 heteroatoms. The van der Waals surface area contributed by atoms with E-state index in [1.165, 1.54) is 0 Å². The van der Waals surface area contributed by atoms with Gasteiger partial charge < -0.3 is 5.11 Å². The summed E-state index contributed by atoms with van der Waals surface area (Å²) >= 11 is 0. The Labute approximate surface area is 84.0 Å². The van der Waals surface area contributed by atoms with E-state index in [4.69, 9.17) is 0 Å². The molecule has 2 aromatic rings. The van der Waals surface area contributed by atoms with Gasteiger partial charge in [-0.3, -0.25) is 0 Å². The Kier molecular flexibility index (Phi) is 1.95. The predicted octanol–water partition coefficient (Wildman–Crippen LogP) is 3.47. The van der Waals surface area contributed by atoms with Crippen molar-refractivity contribution in [2.45, 2.75) is 20.8 Å². The van der Waals surface area contributed by atoms with Gasteiger partial charge in [0, 0.05) is 5.39 Å². The van der Waals surface area contributed by atoms with E-state index in [-0.39, 0.29) is 0 Å². The number of fused-ring (bicyclic) bond motifs is 1. The molecule has 0 aliphatic rings. The Morgan fingerprint density at radius 2 is 1.71 bits per heavy atom. The van der Waals surface area contributed by atoms with Crippen molar-refractivity contribution in [1.29, 1.82) is 0 Å². The van der Waals surface area contributed by atoms with E-state index in [1.807, 2.05) is 39.0 Å². The Morgan fingerprint density at radius 1 is 1.00 bits per heavy atom. The van der Waals surface area contributed by atoms with Gasteiger partial charge in [-0.1, -0.05) is 24.3 Å². The maximum Gasteiger partial charge on any atom is 0.126 e.